The summed E-state index contributed by atoms with van der Waals surface area (Å²) in [4.78, 5) is 29.7. The fourth-order valence-corrected chi connectivity index (χ4v) is 5.20. The molecule has 1 aromatic carbocycles. The Hall–Kier alpha value is -2.83. The average molecular weight is 526 g/mol. The number of hydrazine groups is 1. The first kappa shape index (κ1) is 27.2. The Morgan fingerprint density at radius 3 is 2.49 bits per heavy atom. The molecule has 1 aromatic rings. The Balaban J connectivity index is 1.49. The number of rotatable bonds is 8. The van der Waals surface area contributed by atoms with Crippen molar-refractivity contribution in [2.24, 2.45) is 0 Å². The van der Waals surface area contributed by atoms with E-state index in [2.05, 4.69) is 15.2 Å². The van der Waals surface area contributed by atoms with E-state index in [1.54, 1.807) is 13.1 Å². The minimum Gasteiger partial charge on any atom is -0.480 e. The lowest BCUT2D eigenvalue weighted by molar-refractivity contribution is -0.139. The number of nitrogens with one attached hydrogen (secondary N) is 1. The molecule has 3 heterocycles. The van der Waals surface area contributed by atoms with Gasteiger partial charge in [0.05, 0.1) is 30.9 Å². The van der Waals surface area contributed by atoms with Gasteiger partial charge in [0.2, 0.25) is 0 Å². The number of carbonyl (C=O) groups excluding carboxylic acids is 1. The van der Waals surface area contributed by atoms with Gasteiger partial charge in [0.1, 0.15) is 6.04 Å². The molecule has 4 atom stereocenters. The van der Waals surface area contributed by atoms with E-state index in [1.807, 2.05) is 13.8 Å². The Kier molecular flexibility index (Phi) is 8.00. The third kappa shape index (κ3) is 5.86. The van der Waals surface area contributed by atoms with E-state index >= 15 is 0 Å². The van der Waals surface area contributed by atoms with Crippen molar-refractivity contribution in [1.82, 2.24) is 20.2 Å². The van der Waals surface area contributed by atoms with E-state index in [-0.39, 0.29) is 18.1 Å². The SMILES string of the molecule is CCN(Cc1ccc(C(F)(F)F)cc1N1C2CCC1COC2)C[C@H](C)N(C)C(=O)N1C=CC(C(=O)O)N1. The highest BCUT2D eigenvalue weighted by Gasteiger charge is 2.40. The van der Waals surface area contributed by atoms with E-state index in [4.69, 9.17) is 9.84 Å². The Labute approximate surface area is 214 Å². The normalized spacial score (nSPS) is 24.1. The van der Waals surface area contributed by atoms with Crippen molar-refractivity contribution in [1.29, 1.82) is 0 Å². The van der Waals surface area contributed by atoms with Crippen LogP contribution >= 0.6 is 0 Å². The Morgan fingerprint density at radius 1 is 1.24 bits per heavy atom. The van der Waals surface area contributed by atoms with Crippen LogP contribution in [0.2, 0.25) is 0 Å². The first-order valence-corrected chi connectivity index (χ1v) is 12.5. The molecule has 0 spiro atoms. The quantitative estimate of drug-likeness (QED) is 0.539. The van der Waals surface area contributed by atoms with Crippen LogP contribution in [0.4, 0.5) is 23.7 Å². The van der Waals surface area contributed by atoms with Crippen LogP contribution in [0, 0.1) is 0 Å². The third-order valence-electron chi connectivity index (χ3n) is 7.44. The van der Waals surface area contributed by atoms with Crippen LogP contribution in [0.3, 0.4) is 0 Å². The van der Waals surface area contributed by atoms with Gasteiger partial charge in [0.25, 0.3) is 0 Å². The highest BCUT2D eigenvalue weighted by atomic mass is 19.4. The second kappa shape index (κ2) is 10.9. The summed E-state index contributed by atoms with van der Waals surface area (Å²) < 4.78 is 46.5. The molecule has 2 amide bonds. The molecule has 0 radical (unpaired) electrons. The average Bonchev–Trinajstić information content (AvgIpc) is 3.44. The van der Waals surface area contributed by atoms with Gasteiger partial charge in [-0.25, -0.2) is 15.2 Å². The molecular formula is C25H34F3N5O4. The van der Waals surface area contributed by atoms with E-state index in [9.17, 15) is 22.8 Å². The van der Waals surface area contributed by atoms with Gasteiger partial charge in [-0.15, -0.1) is 0 Å². The van der Waals surface area contributed by atoms with Crippen LogP contribution in [-0.2, 0) is 22.3 Å². The minimum atomic E-state index is -4.43. The summed E-state index contributed by atoms with van der Waals surface area (Å²) >= 11 is 0. The molecule has 2 fully saturated rings. The third-order valence-corrected chi connectivity index (χ3v) is 7.44. The van der Waals surface area contributed by atoms with E-state index in [1.165, 1.54) is 23.2 Å². The van der Waals surface area contributed by atoms with Gasteiger partial charge in [-0.3, -0.25) is 9.69 Å². The van der Waals surface area contributed by atoms with E-state index in [0.717, 1.165) is 29.5 Å². The molecule has 3 unspecified atom stereocenters. The molecule has 0 aliphatic carbocycles. The summed E-state index contributed by atoms with van der Waals surface area (Å²) in [6.45, 7) is 6.41. The number of halogens is 3. The minimum absolute atomic E-state index is 0.0642. The molecule has 3 aliphatic rings. The number of alkyl halides is 3. The second-order valence-corrected chi connectivity index (χ2v) is 9.90. The Bertz CT molecular complexity index is 1020. The lowest BCUT2D eigenvalue weighted by atomic mass is 10.0. The molecule has 4 rings (SSSR count). The molecule has 3 aliphatic heterocycles. The highest BCUT2D eigenvalue weighted by molar-refractivity contribution is 5.80. The topological polar surface area (TPSA) is 88.6 Å². The van der Waals surface area contributed by atoms with Crippen LogP contribution in [0.1, 0.15) is 37.8 Å². The number of anilines is 1. The fourth-order valence-electron chi connectivity index (χ4n) is 5.20. The zero-order valence-electron chi connectivity index (χ0n) is 21.2. The zero-order valence-corrected chi connectivity index (χ0v) is 21.2. The maximum absolute atomic E-state index is 13.6. The summed E-state index contributed by atoms with van der Waals surface area (Å²) in [5, 5.41) is 10.3. The molecule has 12 heteroatoms. The second-order valence-electron chi connectivity index (χ2n) is 9.90. The summed E-state index contributed by atoms with van der Waals surface area (Å²) in [6.07, 6.45) is 0.139. The molecule has 2 N–H and O–H groups in total. The molecule has 204 valence electrons. The molecule has 2 bridgehead atoms. The number of nitrogens with zero attached hydrogens (tertiary/aromatic N) is 4. The van der Waals surface area contributed by atoms with Gasteiger partial charge in [0, 0.05) is 38.1 Å². The number of ether oxygens (including phenoxy) is 1. The van der Waals surface area contributed by atoms with Crippen LogP contribution in [0.5, 0.6) is 0 Å². The number of amides is 2. The maximum Gasteiger partial charge on any atom is 0.416 e. The number of carboxylic acids is 1. The number of hydrogen-bond acceptors (Lipinski definition) is 6. The number of fused-ring (bicyclic) bond motifs is 2. The van der Waals surface area contributed by atoms with Crippen LogP contribution in [-0.4, -0.2) is 89.4 Å². The van der Waals surface area contributed by atoms with Gasteiger partial charge in [-0.2, -0.15) is 13.2 Å². The van der Waals surface area contributed by atoms with Gasteiger partial charge in [0.15, 0.2) is 0 Å². The molecule has 9 nitrogen and oxygen atoms in total. The van der Waals surface area contributed by atoms with Crippen LogP contribution < -0.4 is 10.3 Å². The predicted octanol–water partition coefficient (Wildman–Crippen LogP) is 3.12. The number of urea groups is 1. The van der Waals surface area contributed by atoms with Crippen molar-refractivity contribution in [2.75, 3.05) is 38.3 Å². The van der Waals surface area contributed by atoms with E-state index < -0.39 is 29.8 Å². The van der Waals surface area contributed by atoms with E-state index in [0.29, 0.717) is 38.5 Å². The van der Waals surface area contributed by atoms with Crippen molar-refractivity contribution in [3.8, 4) is 0 Å². The first-order chi connectivity index (χ1) is 17.5. The zero-order chi connectivity index (χ0) is 26.9. The largest absolute Gasteiger partial charge is 0.480 e. The predicted molar refractivity (Wildman–Crippen MR) is 131 cm³/mol. The molecule has 37 heavy (non-hydrogen) atoms. The molecular weight excluding hydrogens is 491 g/mol. The van der Waals surface area contributed by atoms with Crippen molar-refractivity contribution in [3.63, 3.8) is 0 Å². The maximum atomic E-state index is 13.6. The van der Waals surface area contributed by atoms with Gasteiger partial charge < -0.3 is 19.6 Å². The monoisotopic (exact) mass is 525 g/mol. The standard InChI is InChI=1S/C25H34F3N5O4/c1-4-31(12-16(2)30(3)24(36)32-10-9-21(29-32)23(34)35)13-17-5-6-18(25(26,27)28)11-22(17)33-19-7-8-20(33)15-37-14-19/h5-6,9-11,16,19-21,29H,4,7-8,12-15H2,1-3H3,(H,34,35)/t16-,19?,20?,21?/m0/s1. The lowest BCUT2D eigenvalue weighted by Crippen LogP contribution is -2.52. The number of carboxylic acid groups (broad SMARTS) is 1. The number of carbonyl (C=O) groups is 2. The molecule has 2 saturated heterocycles. The van der Waals surface area contributed by atoms with Gasteiger partial charge >= 0.3 is 18.2 Å². The smallest absolute Gasteiger partial charge is 0.416 e. The van der Waals surface area contributed by atoms with Crippen molar-refractivity contribution >= 4 is 17.7 Å². The summed E-state index contributed by atoms with van der Waals surface area (Å²) in [6, 6.07) is 2.49. The number of benzene rings is 1. The van der Waals surface area contributed by atoms with Crippen molar-refractivity contribution in [2.45, 2.75) is 63.6 Å². The Morgan fingerprint density at radius 2 is 1.92 bits per heavy atom. The van der Waals surface area contributed by atoms with Crippen molar-refractivity contribution in [3.05, 3.63) is 41.6 Å². The number of likely N-dealkylation sites (N-methyl/N-ethyl adjacent to an activating group) is 2. The van der Waals surface area contributed by atoms with Crippen LogP contribution in [0.15, 0.2) is 30.5 Å². The number of morpholine rings is 1. The number of hydrogen-bond donors (Lipinski definition) is 2. The highest BCUT2D eigenvalue weighted by Crippen LogP contribution is 2.40. The van der Waals surface area contributed by atoms with Gasteiger partial charge in [-0.05, 0) is 50.1 Å². The molecule has 0 saturated carbocycles. The van der Waals surface area contributed by atoms with Gasteiger partial charge in [-0.1, -0.05) is 13.0 Å². The fraction of sp³-hybridized carbons (Fsp3) is 0.600. The molecule has 0 aromatic heterocycles. The summed E-state index contributed by atoms with van der Waals surface area (Å²) in [5.74, 6) is -1.08. The lowest BCUT2D eigenvalue weighted by Gasteiger charge is -2.39. The summed E-state index contributed by atoms with van der Waals surface area (Å²) in [7, 11) is 1.64. The van der Waals surface area contributed by atoms with Crippen molar-refractivity contribution < 1.29 is 32.6 Å². The van der Waals surface area contributed by atoms with Crippen LogP contribution in [0.25, 0.3) is 0 Å². The first-order valence-electron chi connectivity index (χ1n) is 12.5. The summed E-state index contributed by atoms with van der Waals surface area (Å²) in [5.41, 5.74) is 3.37. The number of aliphatic carboxylic acids is 1.